The number of ether oxygens (including phenoxy) is 1. The molecule has 2 nitrogen and oxygen atoms in total. The van der Waals surface area contributed by atoms with Gasteiger partial charge in [-0.15, -0.1) is 0 Å². The summed E-state index contributed by atoms with van der Waals surface area (Å²) >= 11 is 0. The van der Waals surface area contributed by atoms with Crippen LogP contribution in [-0.2, 0) is 0 Å². The van der Waals surface area contributed by atoms with E-state index in [-0.39, 0.29) is 11.7 Å². The minimum atomic E-state index is -0.321. The summed E-state index contributed by atoms with van der Waals surface area (Å²) in [4.78, 5) is 0. The SMILES string of the molecule is CC(C)c1ccc(C(C#N)CCOc2cccc(F)c2)cc1. The Bertz CT molecular complexity index is 643. The van der Waals surface area contributed by atoms with Crippen LogP contribution in [0.25, 0.3) is 0 Å². The molecule has 0 saturated heterocycles. The predicted octanol–water partition coefficient (Wildman–Crippen LogP) is 5.03. The Morgan fingerprint density at radius 2 is 1.77 bits per heavy atom. The highest BCUT2D eigenvalue weighted by molar-refractivity contribution is 5.30. The molecule has 2 aromatic rings. The Kier molecular flexibility index (Phi) is 5.55. The molecule has 114 valence electrons. The Morgan fingerprint density at radius 3 is 2.36 bits per heavy atom. The summed E-state index contributed by atoms with van der Waals surface area (Å²) in [5.41, 5.74) is 2.26. The van der Waals surface area contributed by atoms with E-state index in [2.05, 4.69) is 32.0 Å². The molecular weight excluding hydrogens is 277 g/mol. The molecule has 0 radical (unpaired) electrons. The van der Waals surface area contributed by atoms with E-state index < -0.39 is 0 Å². The highest BCUT2D eigenvalue weighted by Gasteiger charge is 2.11. The predicted molar refractivity (Wildman–Crippen MR) is 85.4 cm³/mol. The summed E-state index contributed by atoms with van der Waals surface area (Å²) in [6.45, 7) is 4.67. The summed E-state index contributed by atoms with van der Waals surface area (Å²) in [5, 5.41) is 9.33. The van der Waals surface area contributed by atoms with Gasteiger partial charge in [0.25, 0.3) is 0 Å². The van der Waals surface area contributed by atoms with Crippen molar-refractivity contribution in [2.45, 2.75) is 32.1 Å². The molecule has 1 atom stereocenters. The van der Waals surface area contributed by atoms with E-state index in [0.29, 0.717) is 24.7 Å². The third kappa shape index (κ3) is 4.33. The summed E-state index contributed by atoms with van der Waals surface area (Å²) in [7, 11) is 0. The fourth-order valence-corrected chi connectivity index (χ4v) is 2.27. The topological polar surface area (TPSA) is 33.0 Å². The number of rotatable bonds is 6. The molecule has 0 aliphatic carbocycles. The van der Waals surface area contributed by atoms with E-state index in [1.54, 1.807) is 12.1 Å². The lowest BCUT2D eigenvalue weighted by Gasteiger charge is -2.12. The van der Waals surface area contributed by atoms with Gasteiger partial charge in [-0.25, -0.2) is 4.39 Å². The molecule has 0 aliphatic heterocycles. The summed E-state index contributed by atoms with van der Waals surface area (Å²) < 4.78 is 18.6. The lowest BCUT2D eigenvalue weighted by atomic mass is 9.94. The van der Waals surface area contributed by atoms with Crippen molar-refractivity contribution in [1.29, 1.82) is 5.26 Å². The second kappa shape index (κ2) is 7.61. The standard InChI is InChI=1S/C19H20FNO/c1-14(2)15-6-8-16(9-7-15)17(13-21)10-11-22-19-5-3-4-18(20)12-19/h3-9,12,14,17H,10-11H2,1-2H3. The van der Waals surface area contributed by atoms with Gasteiger partial charge >= 0.3 is 0 Å². The van der Waals surface area contributed by atoms with Crippen LogP contribution in [0.1, 0.15) is 43.2 Å². The van der Waals surface area contributed by atoms with Gasteiger partial charge in [0.15, 0.2) is 0 Å². The van der Waals surface area contributed by atoms with Gasteiger partial charge in [-0.3, -0.25) is 0 Å². The Balaban J connectivity index is 1.93. The molecule has 2 aromatic carbocycles. The largest absolute Gasteiger partial charge is 0.493 e. The third-order valence-corrected chi connectivity index (χ3v) is 3.63. The van der Waals surface area contributed by atoms with E-state index in [9.17, 15) is 9.65 Å². The molecule has 3 heteroatoms. The molecule has 1 unspecified atom stereocenters. The highest BCUT2D eigenvalue weighted by Crippen LogP contribution is 2.23. The van der Waals surface area contributed by atoms with E-state index in [1.165, 1.54) is 17.7 Å². The van der Waals surface area contributed by atoms with Crippen LogP contribution in [0.2, 0.25) is 0 Å². The fourth-order valence-electron chi connectivity index (χ4n) is 2.27. The van der Waals surface area contributed by atoms with Crippen LogP contribution in [0.15, 0.2) is 48.5 Å². The number of nitriles is 1. The zero-order chi connectivity index (χ0) is 15.9. The minimum absolute atomic E-state index is 0.213. The maximum absolute atomic E-state index is 13.1. The van der Waals surface area contributed by atoms with Gasteiger partial charge in [0.05, 0.1) is 18.6 Å². The number of hydrogen-bond donors (Lipinski definition) is 0. The second-order valence-corrected chi connectivity index (χ2v) is 5.60. The van der Waals surface area contributed by atoms with Crippen molar-refractivity contribution < 1.29 is 9.13 Å². The molecule has 0 aromatic heterocycles. The van der Waals surface area contributed by atoms with Crippen molar-refractivity contribution >= 4 is 0 Å². The number of hydrogen-bond acceptors (Lipinski definition) is 2. The minimum Gasteiger partial charge on any atom is -0.493 e. The molecule has 0 N–H and O–H groups in total. The molecule has 0 aliphatic rings. The van der Waals surface area contributed by atoms with Crippen LogP contribution in [0.3, 0.4) is 0 Å². The van der Waals surface area contributed by atoms with Crippen molar-refractivity contribution in [3.05, 3.63) is 65.5 Å². The molecule has 0 fully saturated rings. The molecule has 0 saturated carbocycles. The molecule has 2 rings (SSSR count). The van der Waals surface area contributed by atoms with E-state index in [0.717, 1.165) is 5.56 Å². The maximum Gasteiger partial charge on any atom is 0.126 e. The van der Waals surface area contributed by atoms with E-state index in [1.807, 2.05) is 12.1 Å². The van der Waals surface area contributed by atoms with E-state index >= 15 is 0 Å². The first-order valence-corrected chi connectivity index (χ1v) is 7.48. The molecule has 0 spiro atoms. The van der Waals surface area contributed by atoms with Gasteiger partial charge in [-0.1, -0.05) is 44.2 Å². The third-order valence-electron chi connectivity index (χ3n) is 3.63. The Labute approximate surface area is 131 Å². The lowest BCUT2D eigenvalue weighted by molar-refractivity contribution is 0.304. The molecule has 22 heavy (non-hydrogen) atoms. The van der Waals surface area contributed by atoms with Gasteiger partial charge in [0.2, 0.25) is 0 Å². The van der Waals surface area contributed by atoms with Gasteiger partial charge in [-0.05, 0) is 29.2 Å². The average molecular weight is 297 g/mol. The first-order valence-electron chi connectivity index (χ1n) is 7.48. The van der Waals surface area contributed by atoms with E-state index in [4.69, 9.17) is 4.74 Å². The molecule has 0 amide bonds. The zero-order valence-corrected chi connectivity index (χ0v) is 12.9. The maximum atomic E-state index is 13.1. The van der Waals surface area contributed by atoms with Crippen LogP contribution in [0, 0.1) is 17.1 Å². The Hall–Kier alpha value is -2.34. The zero-order valence-electron chi connectivity index (χ0n) is 12.9. The normalized spacial score (nSPS) is 12.0. The second-order valence-electron chi connectivity index (χ2n) is 5.60. The number of halogens is 1. The van der Waals surface area contributed by atoms with Crippen LogP contribution in [0.4, 0.5) is 4.39 Å². The van der Waals surface area contributed by atoms with Crippen molar-refractivity contribution in [2.75, 3.05) is 6.61 Å². The summed E-state index contributed by atoms with van der Waals surface area (Å²) in [6.07, 6.45) is 0.577. The average Bonchev–Trinajstić information content (AvgIpc) is 2.52. The highest BCUT2D eigenvalue weighted by atomic mass is 19.1. The number of nitrogens with zero attached hydrogens (tertiary/aromatic N) is 1. The van der Waals surface area contributed by atoms with Gasteiger partial charge in [0, 0.05) is 12.5 Å². The van der Waals surface area contributed by atoms with Gasteiger partial charge in [0.1, 0.15) is 11.6 Å². The fraction of sp³-hybridized carbons (Fsp3) is 0.316. The van der Waals surface area contributed by atoms with Crippen LogP contribution in [-0.4, -0.2) is 6.61 Å². The molecule has 0 heterocycles. The first kappa shape index (κ1) is 16.0. The van der Waals surface area contributed by atoms with Crippen LogP contribution >= 0.6 is 0 Å². The van der Waals surface area contributed by atoms with Crippen molar-refractivity contribution in [3.8, 4) is 11.8 Å². The summed E-state index contributed by atoms with van der Waals surface area (Å²) in [6, 6.07) is 16.5. The van der Waals surface area contributed by atoms with Crippen molar-refractivity contribution in [3.63, 3.8) is 0 Å². The van der Waals surface area contributed by atoms with Gasteiger partial charge < -0.3 is 4.74 Å². The summed E-state index contributed by atoms with van der Waals surface area (Å²) in [5.74, 6) is 0.436. The lowest BCUT2D eigenvalue weighted by Crippen LogP contribution is -2.05. The Morgan fingerprint density at radius 1 is 1.09 bits per heavy atom. The van der Waals surface area contributed by atoms with Gasteiger partial charge in [-0.2, -0.15) is 5.26 Å². The van der Waals surface area contributed by atoms with Crippen molar-refractivity contribution in [2.24, 2.45) is 0 Å². The first-order chi connectivity index (χ1) is 10.6. The quantitative estimate of drug-likeness (QED) is 0.749. The number of benzene rings is 2. The molecular formula is C19H20FNO. The molecule has 0 bridgehead atoms. The monoisotopic (exact) mass is 297 g/mol. The van der Waals surface area contributed by atoms with Crippen LogP contribution in [0.5, 0.6) is 5.75 Å². The van der Waals surface area contributed by atoms with Crippen molar-refractivity contribution in [1.82, 2.24) is 0 Å². The van der Waals surface area contributed by atoms with Crippen LogP contribution < -0.4 is 4.74 Å². The smallest absolute Gasteiger partial charge is 0.126 e.